The summed E-state index contributed by atoms with van der Waals surface area (Å²) in [6.07, 6.45) is -1.39. The second-order valence-electron chi connectivity index (χ2n) is 4.27. The number of nitrogens with one attached hydrogen (secondary N) is 1. The summed E-state index contributed by atoms with van der Waals surface area (Å²) in [4.78, 5) is 10.7. The topological polar surface area (TPSA) is 127 Å². The molecule has 3 N–H and O–H groups in total. The first kappa shape index (κ1) is 16.1. The van der Waals surface area contributed by atoms with Gasteiger partial charge in [-0.25, -0.2) is 8.42 Å². The highest BCUT2D eigenvalue weighted by atomic mass is 32.2. The maximum absolute atomic E-state index is 12.0. The molecule has 0 saturated carbocycles. The van der Waals surface area contributed by atoms with Crippen LogP contribution in [0.2, 0.25) is 0 Å². The Balaban J connectivity index is 3.15. The van der Waals surface area contributed by atoms with Gasteiger partial charge >= 0.3 is 5.97 Å². The van der Waals surface area contributed by atoms with Crippen molar-refractivity contribution in [1.29, 1.82) is 5.26 Å². The van der Waals surface area contributed by atoms with Gasteiger partial charge in [0, 0.05) is 0 Å². The number of carbonyl (C=O) groups is 1. The molecule has 8 heteroatoms. The third-order valence-corrected chi connectivity index (χ3v) is 4.10. The number of aliphatic hydroxyl groups excluding tert-OH is 1. The number of benzene rings is 1. The smallest absolute Gasteiger partial charge is 0.324 e. The van der Waals surface area contributed by atoms with Crippen LogP contribution in [0.1, 0.15) is 18.1 Å². The molecule has 0 spiro atoms. The number of aliphatic hydroxyl groups is 1. The Labute approximate surface area is 116 Å². The van der Waals surface area contributed by atoms with Crippen molar-refractivity contribution in [1.82, 2.24) is 4.72 Å². The largest absolute Gasteiger partial charge is 0.480 e. The normalized spacial score (nSPS) is 14.3. The lowest BCUT2D eigenvalue weighted by atomic mass is 10.1. The summed E-state index contributed by atoms with van der Waals surface area (Å²) in [5.41, 5.74) is 0.786. The Morgan fingerprint density at radius 3 is 2.45 bits per heavy atom. The summed E-state index contributed by atoms with van der Waals surface area (Å²) in [6, 6.07) is 4.06. The van der Waals surface area contributed by atoms with Crippen LogP contribution in [0, 0.1) is 18.3 Å². The molecule has 0 amide bonds. The summed E-state index contributed by atoms with van der Waals surface area (Å²) in [6.45, 7) is 2.74. The van der Waals surface area contributed by atoms with Crippen molar-refractivity contribution in [2.24, 2.45) is 0 Å². The third-order valence-electron chi connectivity index (χ3n) is 2.66. The molecule has 0 radical (unpaired) electrons. The third kappa shape index (κ3) is 3.54. The fourth-order valence-electron chi connectivity index (χ4n) is 1.52. The Kier molecular flexibility index (Phi) is 4.83. The molecule has 0 fully saturated rings. The Morgan fingerprint density at radius 1 is 1.45 bits per heavy atom. The van der Waals surface area contributed by atoms with Gasteiger partial charge in [0.05, 0.1) is 22.6 Å². The van der Waals surface area contributed by atoms with Gasteiger partial charge in [0.15, 0.2) is 0 Å². The van der Waals surface area contributed by atoms with Crippen molar-refractivity contribution in [3.8, 4) is 6.07 Å². The highest BCUT2D eigenvalue weighted by Crippen LogP contribution is 2.15. The van der Waals surface area contributed by atoms with Gasteiger partial charge in [-0.15, -0.1) is 0 Å². The zero-order valence-electron chi connectivity index (χ0n) is 10.9. The van der Waals surface area contributed by atoms with Gasteiger partial charge in [0.25, 0.3) is 0 Å². The maximum atomic E-state index is 12.0. The van der Waals surface area contributed by atoms with Gasteiger partial charge in [0.2, 0.25) is 10.0 Å². The van der Waals surface area contributed by atoms with E-state index in [-0.39, 0.29) is 4.90 Å². The zero-order chi connectivity index (χ0) is 15.5. The van der Waals surface area contributed by atoms with Gasteiger partial charge in [-0.05, 0) is 37.6 Å². The SMILES string of the molecule is Cc1cc(S(=O)(=O)NC(C(=O)O)C(C)O)ccc1C#N. The van der Waals surface area contributed by atoms with Crippen LogP contribution in [0.3, 0.4) is 0 Å². The molecule has 0 aliphatic heterocycles. The molecule has 2 unspecified atom stereocenters. The van der Waals surface area contributed by atoms with E-state index in [9.17, 15) is 18.3 Å². The summed E-state index contributed by atoms with van der Waals surface area (Å²) in [7, 11) is -4.10. The fourth-order valence-corrected chi connectivity index (χ4v) is 2.87. The van der Waals surface area contributed by atoms with Crippen LogP contribution in [0.25, 0.3) is 0 Å². The first-order valence-corrected chi connectivity index (χ1v) is 7.11. The van der Waals surface area contributed by atoms with E-state index >= 15 is 0 Å². The number of hydrogen-bond acceptors (Lipinski definition) is 5. The lowest BCUT2D eigenvalue weighted by Crippen LogP contribution is -2.47. The molecule has 7 nitrogen and oxygen atoms in total. The molecular formula is C12H14N2O5S. The minimum absolute atomic E-state index is 0.166. The number of nitriles is 1. The molecule has 0 aliphatic carbocycles. The van der Waals surface area contributed by atoms with E-state index in [0.717, 1.165) is 0 Å². The zero-order valence-corrected chi connectivity index (χ0v) is 11.7. The van der Waals surface area contributed by atoms with Crippen LogP contribution in [-0.2, 0) is 14.8 Å². The van der Waals surface area contributed by atoms with Crippen molar-refractivity contribution in [2.45, 2.75) is 30.9 Å². The Bertz CT molecular complexity index is 661. The number of carboxylic acid groups (broad SMARTS) is 1. The van der Waals surface area contributed by atoms with Crippen molar-refractivity contribution in [3.05, 3.63) is 29.3 Å². The second-order valence-corrected chi connectivity index (χ2v) is 5.98. The number of sulfonamides is 1. The molecule has 0 bridgehead atoms. The molecule has 0 heterocycles. The average molecular weight is 298 g/mol. The molecular weight excluding hydrogens is 284 g/mol. The van der Waals surface area contributed by atoms with Crippen LogP contribution in [0.4, 0.5) is 0 Å². The summed E-state index contributed by atoms with van der Waals surface area (Å²) < 4.78 is 26.0. The van der Waals surface area contributed by atoms with Crippen molar-refractivity contribution < 1.29 is 23.4 Å². The van der Waals surface area contributed by atoms with Gasteiger partial charge < -0.3 is 10.2 Å². The van der Waals surface area contributed by atoms with Crippen molar-refractivity contribution in [2.75, 3.05) is 0 Å². The van der Waals surface area contributed by atoms with E-state index < -0.39 is 28.1 Å². The van der Waals surface area contributed by atoms with E-state index in [4.69, 9.17) is 10.4 Å². The van der Waals surface area contributed by atoms with E-state index in [0.29, 0.717) is 11.1 Å². The molecule has 1 rings (SSSR count). The van der Waals surface area contributed by atoms with Crippen LogP contribution >= 0.6 is 0 Å². The molecule has 1 aromatic rings. The van der Waals surface area contributed by atoms with Crippen molar-refractivity contribution >= 4 is 16.0 Å². The minimum atomic E-state index is -4.10. The molecule has 0 aromatic heterocycles. The number of rotatable bonds is 5. The number of nitrogens with zero attached hydrogens (tertiary/aromatic N) is 1. The predicted molar refractivity (Wildman–Crippen MR) is 69.3 cm³/mol. The van der Waals surface area contributed by atoms with Gasteiger partial charge in [-0.3, -0.25) is 4.79 Å². The number of carboxylic acids is 1. The highest BCUT2D eigenvalue weighted by molar-refractivity contribution is 7.89. The second kappa shape index (κ2) is 6.00. The molecule has 20 heavy (non-hydrogen) atoms. The van der Waals surface area contributed by atoms with Crippen molar-refractivity contribution in [3.63, 3.8) is 0 Å². The van der Waals surface area contributed by atoms with Gasteiger partial charge in [0.1, 0.15) is 6.04 Å². The van der Waals surface area contributed by atoms with Crippen LogP contribution in [0.15, 0.2) is 23.1 Å². The average Bonchev–Trinajstić information content (AvgIpc) is 2.35. The van der Waals surface area contributed by atoms with Crippen LogP contribution < -0.4 is 4.72 Å². The lowest BCUT2D eigenvalue weighted by molar-refractivity contribution is -0.141. The first-order valence-electron chi connectivity index (χ1n) is 5.63. The van der Waals surface area contributed by atoms with Gasteiger partial charge in [-0.1, -0.05) is 0 Å². The summed E-state index contributed by atoms with van der Waals surface area (Å²) in [5.74, 6) is -1.48. The van der Waals surface area contributed by atoms with E-state index in [1.54, 1.807) is 6.92 Å². The molecule has 0 aliphatic rings. The summed E-state index contributed by atoms with van der Waals surface area (Å²) in [5, 5.41) is 26.9. The molecule has 1 aromatic carbocycles. The first-order chi connectivity index (χ1) is 9.19. The van der Waals surface area contributed by atoms with E-state index in [2.05, 4.69) is 0 Å². The summed E-state index contributed by atoms with van der Waals surface area (Å²) >= 11 is 0. The van der Waals surface area contributed by atoms with Crippen LogP contribution in [-0.4, -0.2) is 36.7 Å². The number of hydrogen-bond donors (Lipinski definition) is 3. The monoisotopic (exact) mass is 298 g/mol. The van der Waals surface area contributed by atoms with Gasteiger partial charge in [-0.2, -0.15) is 9.98 Å². The molecule has 0 saturated heterocycles. The quantitative estimate of drug-likeness (QED) is 0.701. The predicted octanol–water partition coefficient (Wildman–Crippen LogP) is -0.0210. The Hall–Kier alpha value is -1.95. The van der Waals surface area contributed by atoms with E-state index in [1.807, 2.05) is 10.8 Å². The molecule has 2 atom stereocenters. The standard InChI is InChI=1S/C12H14N2O5S/c1-7-5-10(4-3-9(7)6-13)20(18,19)14-11(8(2)15)12(16)17/h3-5,8,11,14-15H,1-2H3,(H,16,17). The highest BCUT2D eigenvalue weighted by Gasteiger charge is 2.29. The lowest BCUT2D eigenvalue weighted by Gasteiger charge is -2.17. The molecule has 108 valence electrons. The number of aryl methyl sites for hydroxylation is 1. The maximum Gasteiger partial charge on any atom is 0.324 e. The fraction of sp³-hybridized carbons (Fsp3) is 0.333. The van der Waals surface area contributed by atoms with E-state index in [1.165, 1.54) is 25.1 Å². The number of aliphatic carboxylic acids is 1. The Morgan fingerprint density at radius 2 is 2.05 bits per heavy atom. The minimum Gasteiger partial charge on any atom is -0.480 e. The van der Waals surface area contributed by atoms with Crippen LogP contribution in [0.5, 0.6) is 0 Å².